The van der Waals surface area contributed by atoms with E-state index in [0.29, 0.717) is 18.1 Å². The van der Waals surface area contributed by atoms with Gasteiger partial charge < -0.3 is 10.6 Å². The molecule has 2 N–H and O–H groups in total. The predicted octanol–water partition coefficient (Wildman–Crippen LogP) is 3.46. The minimum absolute atomic E-state index is 0. The van der Waals surface area contributed by atoms with Crippen LogP contribution in [0.5, 0.6) is 0 Å². The highest BCUT2D eigenvalue weighted by Crippen LogP contribution is 2.42. The van der Waals surface area contributed by atoms with Crippen molar-refractivity contribution in [1.29, 1.82) is 0 Å². The molecule has 1 aromatic carbocycles. The van der Waals surface area contributed by atoms with Gasteiger partial charge in [0.1, 0.15) is 5.82 Å². The molecule has 2 saturated heterocycles. The van der Waals surface area contributed by atoms with Gasteiger partial charge in [0, 0.05) is 18.1 Å². The van der Waals surface area contributed by atoms with Gasteiger partial charge in [-0.25, -0.2) is 4.39 Å². The maximum absolute atomic E-state index is 13.3. The molecule has 3 nitrogen and oxygen atoms in total. The van der Waals surface area contributed by atoms with Crippen molar-refractivity contribution in [1.82, 2.24) is 10.6 Å². The van der Waals surface area contributed by atoms with Crippen LogP contribution in [-0.2, 0) is 10.2 Å². The SMILES string of the molecule is Cl.O=C(NC1CC2CCC(C1)N2)C1(c2ccc(F)cc2)CCCC1. The van der Waals surface area contributed by atoms with Gasteiger partial charge in [-0.15, -0.1) is 12.4 Å². The zero-order chi connectivity index (χ0) is 15.9. The number of piperidine rings is 1. The number of hydrogen-bond donors (Lipinski definition) is 2. The molecule has 1 aromatic rings. The third-order valence-electron chi connectivity index (χ3n) is 6.10. The third-order valence-corrected chi connectivity index (χ3v) is 6.10. The summed E-state index contributed by atoms with van der Waals surface area (Å²) in [7, 11) is 0. The molecule has 2 atom stereocenters. The van der Waals surface area contributed by atoms with E-state index < -0.39 is 5.41 Å². The maximum atomic E-state index is 13.3. The Hall–Kier alpha value is -1.13. The molecule has 5 heteroatoms. The average Bonchev–Trinajstić information content (AvgIpc) is 3.16. The molecule has 2 heterocycles. The van der Waals surface area contributed by atoms with E-state index >= 15 is 0 Å². The fraction of sp³-hybridized carbons (Fsp3) is 0.632. The van der Waals surface area contributed by atoms with Crippen molar-refractivity contribution in [3.8, 4) is 0 Å². The van der Waals surface area contributed by atoms with E-state index in [1.54, 1.807) is 12.1 Å². The lowest BCUT2D eigenvalue weighted by Gasteiger charge is -2.34. The molecule has 2 bridgehead atoms. The lowest BCUT2D eigenvalue weighted by atomic mass is 9.77. The van der Waals surface area contributed by atoms with E-state index in [1.165, 1.54) is 25.0 Å². The summed E-state index contributed by atoms with van der Waals surface area (Å²) >= 11 is 0. The van der Waals surface area contributed by atoms with Crippen LogP contribution in [-0.4, -0.2) is 24.0 Å². The minimum Gasteiger partial charge on any atom is -0.352 e. The van der Waals surface area contributed by atoms with E-state index in [1.807, 2.05) is 0 Å². The summed E-state index contributed by atoms with van der Waals surface area (Å²) in [5.74, 6) is -0.0786. The van der Waals surface area contributed by atoms with Crippen LogP contribution < -0.4 is 10.6 Å². The quantitative estimate of drug-likeness (QED) is 0.874. The second kappa shape index (κ2) is 7.01. The fourth-order valence-electron chi connectivity index (χ4n) is 4.89. The van der Waals surface area contributed by atoms with Crippen LogP contribution in [0.2, 0.25) is 0 Å². The standard InChI is InChI=1S/C19H25FN2O.ClH/c20-14-5-3-13(4-6-14)19(9-1-2-10-19)18(23)22-17-11-15-7-8-16(12-17)21-15;/h3-6,15-17,21H,1-2,7-12H2,(H,22,23);1H. The number of rotatable bonds is 3. The highest BCUT2D eigenvalue weighted by molar-refractivity contribution is 5.88. The van der Waals surface area contributed by atoms with Crippen molar-refractivity contribution < 1.29 is 9.18 Å². The fourth-order valence-corrected chi connectivity index (χ4v) is 4.89. The highest BCUT2D eigenvalue weighted by Gasteiger charge is 2.44. The van der Waals surface area contributed by atoms with Crippen molar-refractivity contribution >= 4 is 18.3 Å². The van der Waals surface area contributed by atoms with Gasteiger partial charge >= 0.3 is 0 Å². The topological polar surface area (TPSA) is 41.1 Å². The van der Waals surface area contributed by atoms with E-state index in [4.69, 9.17) is 0 Å². The van der Waals surface area contributed by atoms with Crippen LogP contribution in [0.1, 0.15) is 56.9 Å². The number of carbonyl (C=O) groups excluding carboxylic acids is 1. The molecule has 4 rings (SSSR count). The summed E-state index contributed by atoms with van der Waals surface area (Å²) in [5, 5.41) is 6.96. The summed E-state index contributed by atoms with van der Waals surface area (Å²) in [6, 6.07) is 7.99. The Bertz CT molecular complexity index is 574. The van der Waals surface area contributed by atoms with Crippen LogP contribution in [0.25, 0.3) is 0 Å². The molecule has 3 fully saturated rings. The van der Waals surface area contributed by atoms with E-state index in [2.05, 4.69) is 10.6 Å². The minimum atomic E-state index is -0.447. The molecule has 2 unspecified atom stereocenters. The molecular formula is C19H26ClFN2O. The van der Waals surface area contributed by atoms with Crippen molar-refractivity contribution in [2.24, 2.45) is 0 Å². The molecule has 2 aliphatic heterocycles. The molecule has 24 heavy (non-hydrogen) atoms. The molecule has 0 radical (unpaired) electrons. The summed E-state index contributed by atoms with van der Waals surface area (Å²) in [5.41, 5.74) is 0.531. The summed E-state index contributed by atoms with van der Waals surface area (Å²) < 4.78 is 13.3. The summed E-state index contributed by atoms with van der Waals surface area (Å²) in [6.07, 6.45) is 8.46. The molecule has 1 amide bonds. The summed E-state index contributed by atoms with van der Waals surface area (Å²) in [4.78, 5) is 13.1. The molecule has 132 valence electrons. The second-order valence-electron chi connectivity index (χ2n) is 7.58. The molecule has 1 saturated carbocycles. The zero-order valence-electron chi connectivity index (χ0n) is 13.9. The van der Waals surface area contributed by atoms with Gasteiger partial charge in [-0.1, -0.05) is 25.0 Å². The van der Waals surface area contributed by atoms with Crippen molar-refractivity contribution in [2.45, 2.75) is 74.9 Å². The Kier molecular flexibility index (Phi) is 5.16. The van der Waals surface area contributed by atoms with Crippen LogP contribution in [0, 0.1) is 5.82 Å². The average molecular weight is 353 g/mol. The van der Waals surface area contributed by atoms with Gasteiger partial charge in [-0.2, -0.15) is 0 Å². The molecule has 0 aromatic heterocycles. The van der Waals surface area contributed by atoms with Crippen LogP contribution in [0.3, 0.4) is 0 Å². The zero-order valence-corrected chi connectivity index (χ0v) is 14.7. The predicted molar refractivity (Wildman–Crippen MR) is 94.9 cm³/mol. The Morgan fingerprint density at radius 1 is 1.08 bits per heavy atom. The molecular weight excluding hydrogens is 327 g/mol. The van der Waals surface area contributed by atoms with Gasteiger partial charge in [-0.3, -0.25) is 4.79 Å². The van der Waals surface area contributed by atoms with Crippen molar-refractivity contribution in [2.75, 3.05) is 0 Å². The number of nitrogens with one attached hydrogen (secondary N) is 2. The Morgan fingerprint density at radius 3 is 2.25 bits per heavy atom. The van der Waals surface area contributed by atoms with Crippen LogP contribution >= 0.6 is 12.4 Å². The Morgan fingerprint density at radius 2 is 1.67 bits per heavy atom. The second-order valence-corrected chi connectivity index (χ2v) is 7.58. The third kappa shape index (κ3) is 3.18. The van der Waals surface area contributed by atoms with Crippen molar-refractivity contribution in [3.05, 3.63) is 35.6 Å². The first-order valence-corrected chi connectivity index (χ1v) is 8.99. The Labute approximate surface area is 149 Å². The number of amides is 1. The normalized spacial score (nSPS) is 30.6. The van der Waals surface area contributed by atoms with Gasteiger partial charge in [0.15, 0.2) is 0 Å². The van der Waals surface area contributed by atoms with Crippen LogP contribution in [0.4, 0.5) is 4.39 Å². The first-order valence-electron chi connectivity index (χ1n) is 8.99. The molecule has 1 aliphatic carbocycles. The Balaban J connectivity index is 0.00000169. The lowest BCUT2D eigenvalue weighted by molar-refractivity contribution is -0.127. The van der Waals surface area contributed by atoms with E-state index in [9.17, 15) is 9.18 Å². The van der Waals surface area contributed by atoms with Crippen molar-refractivity contribution in [3.63, 3.8) is 0 Å². The number of halogens is 2. The number of hydrogen-bond acceptors (Lipinski definition) is 2. The molecule has 3 aliphatic rings. The summed E-state index contributed by atoms with van der Waals surface area (Å²) in [6.45, 7) is 0. The number of benzene rings is 1. The van der Waals surface area contributed by atoms with E-state index in [0.717, 1.165) is 44.1 Å². The van der Waals surface area contributed by atoms with Gasteiger partial charge in [0.2, 0.25) is 5.91 Å². The maximum Gasteiger partial charge on any atom is 0.230 e. The number of carbonyl (C=O) groups is 1. The first kappa shape index (κ1) is 17.7. The van der Waals surface area contributed by atoms with Gasteiger partial charge in [-0.05, 0) is 56.2 Å². The lowest BCUT2D eigenvalue weighted by Crippen LogP contribution is -2.52. The van der Waals surface area contributed by atoms with Gasteiger partial charge in [0.05, 0.1) is 5.41 Å². The highest BCUT2D eigenvalue weighted by atomic mass is 35.5. The number of fused-ring (bicyclic) bond motifs is 2. The van der Waals surface area contributed by atoms with Gasteiger partial charge in [0.25, 0.3) is 0 Å². The largest absolute Gasteiger partial charge is 0.352 e. The molecule has 0 spiro atoms. The monoisotopic (exact) mass is 352 g/mol. The first-order chi connectivity index (χ1) is 11.2. The van der Waals surface area contributed by atoms with Crippen LogP contribution in [0.15, 0.2) is 24.3 Å². The smallest absolute Gasteiger partial charge is 0.230 e. The van der Waals surface area contributed by atoms with E-state index in [-0.39, 0.29) is 24.1 Å².